The predicted octanol–water partition coefficient (Wildman–Crippen LogP) is 2.16. The summed E-state index contributed by atoms with van der Waals surface area (Å²) in [6, 6.07) is 11.5. The molecule has 116 valence electrons. The smallest absolute Gasteiger partial charge is 0.212 e. The lowest BCUT2D eigenvalue weighted by molar-refractivity contribution is 0.185. The first-order chi connectivity index (χ1) is 10.7. The lowest BCUT2D eigenvalue weighted by Gasteiger charge is -2.10. The fraction of sp³-hybridized carbons (Fsp3) is 0.250. The molecule has 0 saturated carbocycles. The van der Waals surface area contributed by atoms with Gasteiger partial charge in [0.15, 0.2) is 5.96 Å². The minimum atomic E-state index is 0.347. The van der Waals surface area contributed by atoms with Crippen LogP contribution < -0.4 is 15.8 Å². The number of para-hydroxylation sites is 1. The number of benzene rings is 1. The van der Waals surface area contributed by atoms with Crippen molar-refractivity contribution >= 4 is 11.6 Å². The van der Waals surface area contributed by atoms with E-state index >= 15 is 0 Å². The molecule has 1 aromatic carbocycles. The summed E-state index contributed by atoms with van der Waals surface area (Å²) in [4.78, 5) is 8.44. The van der Waals surface area contributed by atoms with Gasteiger partial charge in [-0.3, -0.25) is 0 Å². The summed E-state index contributed by atoms with van der Waals surface area (Å²) in [5.74, 6) is 0.923. The maximum absolute atomic E-state index is 5.93. The molecule has 0 bridgehead atoms. The second-order valence-corrected chi connectivity index (χ2v) is 4.63. The summed E-state index contributed by atoms with van der Waals surface area (Å²) in [6.07, 6.45) is 1.72. The number of ether oxygens (including phenoxy) is 2. The number of nitrogens with one attached hydrogen (secondary N) is 1. The fourth-order valence-electron chi connectivity index (χ4n) is 1.90. The average Bonchev–Trinajstić information content (AvgIpc) is 2.55. The van der Waals surface area contributed by atoms with E-state index in [0.29, 0.717) is 25.0 Å². The lowest BCUT2D eigenvalue weighted by Crippen LogP contribution is -2.23. The van der Waals surface area contributed by atoms with Gasteiger partial charge >= 0.3 is 0 Å². The number of nitrogens with zero attached hydrogens (tertiary/aromatic N) is 2. The zero-order valence-corrected chi connectivity index (χ0v) is 12.7. The summed E-state index contributed by atoms with van der Waals surface area (Å²) < 4.78 is 10.2. The van der Waals surface area contributed by atoms with Crippen molar-refractivity contribution in [1.29, 1.82) is 0 Å². The van der Waals surface area contributed by atoms with Gasteiger partial charge in [-0.1, -0.05) is 24.3 Å². The number of rotatable bonds is 6. The first kappa shape index (κ1) is 15.8. The van der Waals surface area contributed by atoms with Gasteiger partial charge in [-0.15, -0.1) is 0 Å². The van der Waals surface area contributed by atoms with Gasteiger partial charge in [0.2, 0.25) is 5.88 Å². The predicted molar refractivity (Wildman–Crippen MR) is 86.9 cm³/mol. The molecule has 0 spiro atoms. The van der Waals surface area contributed by atoms with Crippen LogP contribution in [0.4, 0.5) is 5.69 Å². The number of hydrogen-bond acceptors (Lipinski definition) is 4. The van der Waals surface area contributed by atoms with E-state index < -0.39 is 0 Å². The number of methoxy groups -OCH3 is 2. The zero-order chi connectivity index (χ0) is 15.8. The molecule has 6 heteroatoms. The Balaban J connectivity index is 2.00. The molecular formula is C16H20N4O2. The largest absolute Gasteiger partial charge is 0.481 e. The van der Waals surface area contributed by atoms with Crippen LogP contribution in [0.5, 0.6) is 5.88 Å². The summed E-state index contributed by atoms with van der Waals surface area (Å²) >= 11 is 0. The quantitative estimate of drug-likeness (QED) is 0.631. The Labute approximate surface area is 130 Å². The highest BCUT2D eigenvalue weighted by molar-refractivity contribution is 5.92. The Morgan fingerprint density at radius 2 is 2.05 bits per heavy atom. The highest BCUT2D eigenvalue weighted by Gasteiger charge is 2.02. The van der Waals surface area contributed by atoms with E-state index in [1.165, 1.54) is 0 Å². The van der Waals surface area contributed by atoms with Gasteiger partial charge in [0.1, 0.15) is 0 Å². The molecular weight excluding hydrogens is 280 g/mol. The first-order valence-electron chi connectivity index (χ1n) is 6.85. The molecule has 0 atom stereocenters. The number of hydrogen-bond donors (Lipinski definition) is 2. The third-order valence-electron chi connectivity index (χ3n) is 3.02. The van der Waals surface area contributed by atoms with Crippen LogP contribution in [-0.4, -0.2) is 25.2 Å². The van der Waals surface area contributed by atoms with Gasteiger partial charge in [0, 0.05) is 30.6 Å². The van der Waals surface area contributed by atoms with E-state index in [2.05, 4.69) is 15.3 Å². The first-order valence-corrected chi connectivity index (χ1v) is 6.85. The van der Waals surface area contributed by atoms with Gasteiger partial charge in [0.05, 0.1) is 20.3 Å². The van der Waals surface area contributed by atoms with Crippen LogP contribution in [0.25, 0.3) is 0 Å². The van der Waals surface area contributed by atoms with Crippen LogP contribution in [0.2, 0.25) is 0 Å². The summed E-state index contributed by atoms with van der Waals surface area (Å²) in [6.45, 7) is 0.959. The van der Waals surface area contributed by atoms with Crippen molar-refractivity contribution in [2.45, 2.75) is 13.2 Å². The zero-order valence-electron chi connectivity index (χ0n) is 12.7. The molecule has 3 N–H and O–H groups in total. The van der Waals surface area contributed by atoms with Crippen molar-refractivity contribution in [2.24, 2.45) is 10.7 Å². The Morgan fingerprint density at radius 3 is 2.73 bits per heavy atom. The van der Waals surface area contributed by atoms with Crippen molar-refractivity contribution in [3.8, 4) is 5.88 Å². The molecule has 6 nitrogen and oxygen atoms in total. The Bertz CT molecular complexity index is 626. The number of nitrogens with two attached hydrogens (primary N) is 1. The van der Waals surface area contributed by atoms with Crippen molar-refractivity contribution in [2.75, 3.05) is 19.5 Å². The van der Waals surface area contributed by atoms with E-state index in [4.69, 9.17) is 15.2 Å². The molecule has 1 aromatic heterocycles. The third-order valence-corrected chi connectivity index (χ3v) is 3.02. The average molecular weight is 300 g/mol. The highest BCUT2D eigenvalue weighted by atomic mass is 16.5. The molecule has 0 radical (unpaired) electrons. The van der Waals surface area contributed by atoms with E-state index in [9.17, 15) is 0 Å². The van der Waals surface area contributed by atoms with Crippen LogP contribution in [-0.2, 0) is 17.9 Å². The SMILES string of the molecule is COCc1ccccc1NC(N)=NCc1ccc(OC)nc1. The molecule has 2 aromatic rings. The number of aliphatic imine (C=N–C) groups is 1. The van der Waals surface area contributed by atoms with Crippen molar-refractivity contribution in [3.05, 3.63) is 53.7 Å². The number of aromatic nitrogens is 1. The van der Waals surface area contributed by atoms with E-state index in [-0.39, 0.29) is 0 Å². The van der Waals surface area contributed by atoms with Gasteiger partial charge in [-0.05, 0) is 11.6 Å². The summed E-state index contributed by atoms with van der Waals surface area (Å²) in [5, 5.41) is 3.09. The van der Waals surface area contributed by atoms with E-state index in [1.54, 1.807) is 26.5 Å². The Hall–Kier alpha value is -2.60. The van der Waals surface area contributed by atoms with Crippen molar-refractivity contribution in [3.63, 3.8) is 0 Å². The molecule has 0 fully saturated rings. The topological polar surface area (TPSA) is 81.8 Å². The molecule has 2 rings (SSSR count). The normalized spacial score (nSPS) is 11.3. The third kappa shape index (κ3) is 4.46. The molecule has 0 unspecified atom stereocenters. The van der Waals surface area contributed by atoms with E-state index in [1.807, 2.05) is 30.3 Å². The maximum Gasteiger partial charge on any atom is 0.212 e. The minimum absolute atomic E-state index is 0.347. The molecule has 0 aliphatic carbocycles. The van der Waals surface area contributed by atoms with Crippen molar-refractivity contribution < 1.29 is 9.47 Å². The molecule has 0 aliphatic heterocycles. The highest BCUT2D eigenvalue weighted by Crippen LogP contribution is 2.15. The number of pyridine rings is 1. The maximum atomic E-state index is 5.93. The van der Waals surface area contributed by atoms with Gasteiger partial charge in [0.25, 0.3) is 0 Å². The summed E-state index contributed by atoms with van der Waals surface area (Å²) in [5.41, 5.74) is 8.79. The lowest BCUT2D eigenvalue weighted by atomic mass is 10.2. The van der Waals surface area contributed by atoms with Gasteiger partial charge in [-0.25, -0.2) is 9.98 Å². The second kappa shape index (κ2) is 7.99. The van der Waals surface area contributed by atoms with Crippen LogP contribution >= 0.6 is 0 Å². The van der Waals surface area contributed by atoms with Crippen LogP contribution in [0.1, 0.15) is 11.1 Å². The monoisotopic (exact) mass is 300 g/mol. The van der Waals surface area contributed by atoms with Crippen molar-refractivity contribution in [1.82, 2.24) is 4.98 Å². The van der Waals surface area contributed by atoms with E-state index in [0.717, 1.165) is 16.8 Å². The number of guanidine groups is 1. The van der Waals surface area contributed by atoms with Crippen LogP contribution in [0.3, 0.4) is 0 Å². The fourth-order valence-corrected chi connectivity index (χ4v) is 1.90. The van der Waals surface area contributed by atoms with Crippen LogP contribution in [0.15, 0.2) is 47.6 Å². The molecule has 22 heavy (non-hydrogen) atoms. The minimum Gasteiger partial charge on any atom is -0.481 e. The van der Waals surface area contributed by atoms with Crippen LogP contribution in [0, 0.1) is 0 Å². The molecule has 0 aliphatic rings. The molecule has 0 saturated heterocycles. The Morgan fingerprint density at radius 1 is 1.23 bits per heavy atom. The molecule has 0 amide bonds. The standard InChI is InChI=1S/C16H20N4O2/c1-21-11-13-5-3-4-6-14(13)20-16(17)19-10-12-7-8-15(22-2)18-9-12/h3-9H,10-11H2,1-2H3,(H3,17,19,20). The van der Waals surface area contributed by atoms with Gasteiger partial charge in [-0.2, -0.15) is 0 Å². The van der Waals surface area contributed by atoms with Gasteiger partial charge < -0.3 is 20.5 Å². The summed E-state index contributed by atoms with van der Waals surface area (Å²) in [7, 11) is 3.24. The Kier molecular flexibility index (Phi) is 5.73. The second-order valence-electron chi connectivity index (χ2n) is 4.63. The number of anilines is 1. The molecule has 1 heterocycles.